The molecule has 1 aliphatic heterocycles. The summed E-state index contributed by atoms with van der Waals surface area (Å²) in [6, 6.07) is 5.73. The topological polar surface area (TPSA) is 67.6 Å². The number of carbonyl (C=O) groups excluding carboxylic acids is 1. The number of anilines is 1. The second kappa shape index (κ2) is 6.61. The number of amides is 1. The van der Waals surface area contributed by atoms with Gasteiger partial charge in [-0.1, -0.05) is 6.07 Å². The number of methoxy groups -OCH3 is 1. The van der Waals surface area contributed by atoms with E-state index in [-0.39, 0.29) is 11.8 Å². The number of piperidine rings is 1. The largest absolute Gasteiger partial charge is 0.496 e. The van der Waals surface area contributed by atoms with Crippen molar-refractivity contribution in [1.29, 1.82) is 0 Å². The number of nitrogens with zero attached hydrogens (tertiary/aromatic N) is 1. The molecule has 1 aromatic rings. The predicted molar refractivity (Wildman–Crippen MR) is 79.5 cm³/mol. The number of benzene rings is 1. The van der Waals surface area contributed by atoms with Crippen LogP contribution < -0.4 is 15.8 Å². The average molecular weight is 277 g/mol. The second-order valence-corrected chi connectivity index (χ2v) is 5.26. The maximum Gasteiger partial charge on any atom is 0.224 e. The summed E-state index contributed by atoms with van der Waals surface area (Å²) in [7, 11) is 3.35. The van der Waals surface area contributed by atoms with Gasteiger partial charge in [0, 0.05) is 37.5 Å². The zero-order valence-corrected chi connectivity index (χ0v) is 12.2. The molecule has 0 radical (unpaired) electrons. The fourth-order valence-electron chi connectivity index (χ4n) is 2.75. The summed E-state index contributed by atoms with van der Waals surface area (Å²) in [5.74, 6) is 1.04. The van der Waals surface area contributed by atoms with E-state index >= 15 is 0 Å². The number of nitrogen functional groups attached to an aromatic ring is 1. The van der Waals surface area contributed by atoms with Crippen LogP contribution in [0, 0.1) is 5.92 Å². The van der Waals surface area contributed by atoms with Gasteiger partial charge in [0.2, 0.25) is 5.91 Å². The van der Waals surface area contributed by atoms with Gasteiger partial charge in [-0.05, 0) is 25.5 Å². The van der Waals surface area contributed by atoms with Crippen LogP contribution in [0.15, 0.2) is 18.2 Å². The van der Waals surface area contributed by atoms with Crippen molar-refractivity contribution in [2.45, 2.75) is 19.4 Å². The van der Waals surface area contributed by atoms with Crippen LogP contribution in [0.25, 0.3) is 0 Å². The Labute approximate surface area is 120 Å². The van der Waals surface area contributed by atoms with Crippen LogP contribution in [0.5, 0.6) is 5.75 Å². The van der Waals surface area contributed by atoms with Crippen LogP contribution in [0.3, 0.4) is 0 Å². The van der Waals surface area contributed by atoms with Crippen molar-refractivity contribution in [1.82, 2.24) is 10.2 Å². The SMILES string of the molecule is CNC(=O)C1CCCN(Cc2ccc(N)cc2OC)C1. The van der Waals surface area contributed by atoms with E-state index in [2.05, 4.69) is 10.2 Å². The van der Waals surface area contributed by atoms with E-state index in [9.17, 15) is 4.79 Å². The fourth-order valence-corrected chi connectivity index (χ4v) is 2.75. The molecule has 20 heavy (non-hydrogen) atoms. The van der Waals surface area contributed by atoms with Gasteiger partial charge in [0.15, 0.2) is 0 Å². The molecule has 1 saturated heterocycles. The summed E-state index contributed by atoms with van der Waals surface area (Å²) < 4.78 is 5.38. The summed E-state index contributed by atoms with van der Waals surface area (Å²) >= 11 is 0. The van der Waals surface area contributed by atoms with E-state index in [1.165, 1.54) is 0 Å². The minimum atomic E-state index is 0.0912. The molecule has 1 aliphatic rings. The molecular formula is C15H23N3O2. The van der Waals surface area contributed by atoms with Crippen molar-refractivity contribution in [2.75, 3.05) is 33.0 Å². The minimum absolute atomic E-state index is 0.0912. The van der Waals surface area contributed by atoms with Gasteiger partial charge in [0.05, 0.1) is 13.0 Å². The van der Waals surface area contributed by atoms with E-state index < -0.39 is 0 Å². The zero-order chi connectivity index (χ0) is 14.5. The summed E-state index contributed by atoms with van der Waals surface area (Å²) in [4.78, 5) is 14.1. The van der Waals surface area contributed by atoms with Gasteiger partial charge in [-0.15, -0.1) is 0 Å². The molecule has 3 N–H and O–H groups in total. The van der Waals surface area contributed by atoms with Crippen LogP contribution in [0.2, 0.25) is 0 Å². The Morgan fingerprint density at radius 3 is 3.05 bits per heavy atom. The molecule has 5 heteroatoms. The van der Waals surface area contributed by atoms with E-state index in [1.807, 2.05) is 18.2 Å². The number of rotatable bonds is 4. The Morgan fingerprint density at radius 1 is 1.55 bits per heavy atom. The monoisotopic (exact) mass is 277 g/mol. The van der Waals surface area contributed by atoms with Crippen molar-refractivity contribution >= 4 is 11.6 Å². The van der Waals surface area contributed by atoms with Crippen LogP contribution in [-0.2, 0) is 11.3 Å². The third-order valence-electron chi connectivity index (χ3n) is 3.83. The van der Waals surface area contributed by atoms with Crippen LogP contribution in [0.4, 0.5) is 5.69 Å². The maximum absolute atomic E-state index is 11.8. The summed E-state index contributed by atoms with van der Waals surface area (Å²) in [6.07, 6.45) is 2.02. The highest BCUT2D eigenvalue weighted by molar-refractivity contribution is 5.78. The molecule has 0 aliphatic carbocycles. The molecule has 1 amide bonds. The third-order valence-corrected chi connectivity index (χ3v) is 3.83. The molecule has 2 rings (SSSR count). The summed E-state index contributed by atoms with van der Waals surface area (Å²) in [6.45, 7) is 2.60. The first-order valence-electron chi connectivity index (χ1n) is 7.00. The second-order valence-electron chi connectivity index (χ2n) is 5.26. The number of hydrogen-bond donors (Lipinski definition) is 2. The molecule has 1 aromatic carbocycles. The number of nitrogens with one attached hydrogen (secondary N) is 1. The lowest BCUT2D eigenvalue weighted by Crippen LogP contribution is -2.41. The smallest absolute Gasteiger partial charge is 0.224 e. The molecular weight excluding hydrogens is 254 g/mol. The Kier molecular flexibility index (Phi) is 4.84. The first-order chi connectivity index (χ1) is 9.63. The molecule has 1 atom stereocenters. The van der Waals surface area contributed by atoms with Crippen molar-refractivity contribution in [3.05, 3.63) is 23.8 Å². The first-order valence-corrected chi connectivity index (χ1v) is 7.00. The lowest BCUT2D eigenvalue weighted by Gasteiger charge is -2.32. The van der Waals surface area contributed by atoms with Crippen molar-refractivity contribution in [2.24, 2.45) is 5.92 Å². The Hall–Kier alpha value is -1.75. The van der Waals surface area contributed by atoms with Gasteiger partial charge in [0.25, 0.3) is 0 Å². The summed E-state index contributed by atoms with van der Waals surface area (Å²) in [5, 5.41) is 2.74. The molecule has 0 bridgehead atoms. The molecule has 5 nitrogen and oxygen atoms in total. The van der Waals surface area contributed by atoms with Crippen LogP contribution in [0.1, 0.15) is 18.4 Å². The average Bonchev–Trinajstić information content (AvgIpc) is 2.48. The van der Waals surface area contributed by atoms with Crippen molar-refractivity contribution in [3.63, 3.8) is 0 Å². The first kappa shape index (κ1) is 14.7. The third kappa shape index (κ3) is 3.42. The van der Waals surface area contributed by atoms with E-state index in [0.717, 1.165) is 43.8 Å². The number of ether oxygens (including phenoxy) is 1. The molecule has 0 spiro atoms. The van der Waals surface area contributed by atoms with Gasteiger partial charge in [0.1, 0.15) is 5.75 Å². The zero-order valence-electron chi connectivity index (χ0n) is 12.2. The lowest BCUT2D eigenvalue weighted by molar-refractivity contribution is -0.126. The molecule has 0 saturated carbocycles. The quantitative estimate of drug-likeness (QED) is 0.812. The van der Waals surface area contributed by atoms with Crippen LogP contribution >= 0.6 is 0 Å². The van der Waals surface area contributed by atoms with E-state index in [4.69, 9.17) is 10.5 Å². The molecule has 1 heterocycles. The molecule has 1 unspecified atom stereocenters. The van der Waals surface area contributed by atoms with Crippen LogP contribution in [-0.4, -0.2) is 38.1 Å². The van der Waals surface area contributed by atoms with Gasteiger partial charge >= 0.3 is 0 Å². The number of carbonyl (C=O) groups is 1. The van der Waals surface area contributed by atoms with Crippen molar-refractivity contribution in [3.8, 4) is 5.75 Å². The Balaban J connectivity index is 2.04. The lowest BCUT2D eigenvalue weighted by atomic mass is 9.96. The maximum atomic E-state index is 11.8. The predicted octanol–water partition coefficient (Wildman–Crippen LogP) is 1.24. The standard InChI is InChI=1S/C15H23N3O2/c1-17-15(19)12-4-3-7-18(10-12)9-11-5-6-13(16)8-14(11)20-2/h5-6,8,12H,3-4,7,9-10,16H2,1-2H3,(H,17,19). The van der Waals surface area contributed by atoms with Crippen molar-refractivity contribution < 1.29 is 9.53 Å². The van der Waals surface area contributed by atoms with E-state index in [1.54, 1.807) is 14.2 Å². The highest BCUT2D eigenvalue weighted by atomic mass is 16.5. The van der Waals surface area contributed by atoms with Gasteiger partial charge in [-0.3, -0.25) is 9.69 Å². The minimum Gasteiger partial charge on any atom is -0.496 e. The van der Waals surface area contributed by atoms with Gasteiger partial charge < -0.3 is 15.8 Å². The highest BCUT2D eigenvalue weighted by Crippen LogP contribution is 2.25. The van der Waals surface area contributed by atoms with Gasteiger partial charge in [-0.2, -0.15) is 0 Å². The molecule has 0 aromatic heterocycles. The molecule has 1 fully saturated rings. The highest BCUT2D eigenvalue weighted by Gasteiger charge is 2.25. The summed E-state index contributed by atoms with van der Waals surface area (Å²) in [5.41, 5.74) is 7.58. The number of hydrogen-bond acceptors (Lipinski definition) is 4. The molecule has 110 valence electrons. The number of nitrogens with two attached hydrogens (primary N) is 1. The Morgan fingerprint density at radius 2 is 2.35 bits per heavy atom. The van der Waals surface area contributed by atoms with Gasteiger partial charge in [-0.25, -0.2) is 0 Å². The number of likely N-dealkylation sites (tertiary alicyclic amines) is 1. The fraction of sp³-hybridized carbons (Fsp3) is 0.533. The van der Waals surface area contributed by atoms with E-state index in [0.29, 0.717) is 5.69 Å². The normalized spacial score (nSPS) is 19.6. The Bertz CT molecular complexity index is 476.